The zero-order chi connectivity index (χ0) is 19.6. The Morgan fingerprint density at radius 2 is 2.07 bits per heavy atom. The molecule has 1 aromatic rings. The number of nitrogens with zero attached hydrogens (tertiary/aromatic N) is 1. The average Bonchev–Trinajstić information content (AvgIpc) is 3.06. The fourth-order valence-corrected chi connectivity index (χ4v) is 3.59. The van der Waals surface area contributed by atoms with Gasteiger partial charge in [0.05, 0.1) is 5.56 Å². The minimum absolute atomic E-state index is 0.160. The maximum absolute atomic E-state index is 13.7. The molecule has 0 unspecified atom stereocenters. The number of halogens is 2. The van der Waals surface area contributed by atoms with Crippen LogP contribution in [0.2, 0.25) is 0 Å². The van der Waals surface area contributed by atoms with Gasteiger partial charge in [-0.15, -0.1) is 0 Å². The van der Waals surface area contributed by atoms with Gasteiger partial charge >= 0.3 is 0 Å². The van der Waals surface area contributed by atoms with Gasteiger partial charge in [0, 0.05) is 12.6 Å². The van der Waals surface area contributed by atoms with E-state index in [1.54, 1.807) is 0 Å². The first-order chi connectivity index (χ1) is 12.9. The van der Waals surface area contributed by atoms with Crippen LogP contribution in [0.4, 0.5) is 8.78 Å². The second-order valence-electron chi connectivity index (χ2n) is 6.88. The lowest BCUT2D eigenvalue weighted by Gasteiger charge is -2.34. The van der Waals surface area contributed by atoms with E-state index in [2.05, 4.69) is 10.6 Å². The van der Waals surface area contributed by atoms with Crippen LogP contribution in [0.1, 0.15) is 36.0 Å². The van der Waals surface area contributed by atoms with E-state index in [1.165, 1.54) is 4.90 Å². The Bertz CT molecular complexity index is 758. The van der Waals surface area contributed by atoms with Crippen LogP contribution in [0.3, 0.4) is 0 Å². The van der Waals surface area contributed by atoms with Crippen LogP contribution >= 0.6 is 0 Å². The number of hydrogen-bond acceptors (Lipinski definition) is 4. The molecule has 0 aromatic heterocycles. The molecule has 27 heavy (non-hydrogen) atoms. The second kappa shape index (κ2) is 7.99. The molecule has 0 saturated carbocycles. The molecule has 4 N–H and O–H groups in total. The molecule has 3 amide bonds. The monoisotopic (exact) mass is 380 g/mol. The van der Waals surface area contributed by atoms with Gasteiger partial charge < -0.3 is 21.3 Å². The molecule has 0 aliphatic carbocycles. The highest BCUT2D eigenvalue weighted by atomic mass is 19.1. The van der Waals surface area contributed by atoms with Crippen LogP contribution in [0.5, 0.6) is 0 Å². The maximum Gasteiger partial charge on any atom is 0.254 e. The second-order valence-corrected chi connectivity index (χ2v) is 6.88. The predicted octanol–water partition coefficient (Wildman–Crippen LogP) is 0.292. The zero-order valence-corrected chi connectivity index (χ0v) is 14.7. The number of hydrogen-bond donors (Lipinski definition) is 3. The third-order valence-electron chi connectivity index (χ3n) is 4.96. The van der Waals surface area contributed by atoms with Gasteiger partial charge in [-0.25, -0.2) is 8.78 Å². The summed E-state index contributed by atoms with van der Waals surface area (Å²) in [5.74, 6) is -2.78. The number of fused-ring (bicyclic) bond motifs is 1. The first-order valence-electron chi connectivity index (χ1n) is 8.97. The van der Waals surface area contributed by atoms with E-state index >= 15 is 0 Å². The van der Waals surface area contributed by atoms with E-state index in [0.717, 1.165) is 31.0 Å². The van der Waals surface area contributed by atoms with Gasteiger partial charge in [0.2, 0.25) is 11.8 Å². The van der Waals surface area contributed by atoms with E-state index < -0.39 is 41.2 Å². The molecule has 0 spiro atoms. The highest BCUT2D eigenvalue weighted by Gasteiger charge is 2.46. The Kier molecular flexibility index (Phi) is 5.69. The standard InChI is InChI=1S/C18H22F2N4O3/c19-10-4-5-13(20)12(7-10)16(25)22-11-8-15-17(26)23-14(3-1-2-6-21)18(27)24(15)9-11/h4-5,7,11,14-15H,1-3,6,8-9,21H2,(H,22,25)(H,23,26)/t11-,14-,15-/m0/s1. The molecule has 1 aromatic carbocycles. The summed E-state index contributed by atoms with van der Waals surface area (Å²) in [6, 6.07) is 0.864. The lowest BCUT2D eigenvalue weighted by Crippen LogP contribution is -2.61. The molecule has 3 atom stereocenters. The third-order valence-corrected chi connectivity index (χ3v) is 4.96. The van der Waals surface area contributed by atoms with Crippen LogP contribution in [0.25, 0.3) is 0 Å². The lowest BCUT2D eigenvalue weighted by molar-refractivity contribution is -0.147. The zero-order valence-electron chi connectivity index (χ0n) is 14.7. The fourth-order valence-electron chi connectivity index (χ4n) is 3.59. The summed E-state index contributed by atoms with van der Waals surface area (Å²) in [6.45, 7) is 0.679. The van der Waals surface area contributed by atoms with Gasteiger partial charge in [-0.2, -0.15) is 0 Å². The molecule has 2 saturated heterocycles. The van der Waals surface area contributed by atoms with Crippen molar-refractivity contribution in [1.82, 2.24) is 15.5 Å². The summed E-state index contributed by atoms with van der Waals surface area (Å²) in [7, 11) is 0. The van der Waals surface area contributed by atoms with Crippen molar-refractivity contribution in [3.05, 3.63) is 35.4 Å². The number of nitrogens with one attached hydrogen (secondary N) is 2. The summed E-state index contributed by atoms with van der Waals surface area (Å²) < 4.78 is 27.0. The van der Waals surface area contributed by atoms with Crippen molar-refractivity contribution in [2.45, 2.75) is 43.8 Å². The molecule has 146 valence electrons. The minimum atomic E-state index is -0.835. The molecule has 7 nitrogen and oxygen atoms in total. The summed E-state index contributed by atoms with van der Waals surface area (Å²) in [5, 5.41) is 5.32. The van der Waals surface area contributed by atoms with Gasteiger partial charge in [0.25, 0.3) is 5.91 Å². The summed E-state index contributed by atoms with van der Waals surface area (Å²) in [5.41, 5.74) is 5.04. The van der Waals surface area contributed by atoms with Crippen LogP contribution in [-0.2, 0) is 9.59 Å². The third kappa shape index (κ3) is 4.08. The first kappa shape index (κ1) is 19.2. The first-order valence-corrected chi connectivity index (χ1v) is 8.97. The molecule has 2 fully saturated rings. The number of piperazine rings is 1. The van der Waals surface area contributed by atoms with E-state index in [1.807, 2.05) is 0 Å². The summed E-state index contributed by atoms with van der Waals surface area (Å²) >= 11 is 0. The van der Waals surface area contributed by atoms with E-state index in [-0.39, 0.29) is 24.8 Å². The summed E-state index contributed by atoms with van der Waals surface area (Å²) in [6.07, 6.45) is 2.23. The Balaban J connectivity index is 1.64. The number of benzene rings is 1. The summed E-state index contributed by atoms with van der Waals surface area (Å²) in [4.78, 5) is 38.6. The van der Waals surface area contributed by atoms with Gasteiger partial charge in [0.1, 0.15) is 23.7 Å². The normalized spacial score (nSPS) is 24.6. The van der Waals surface area contributed by atoms with Gasteiger partial charge in [-0.05, 0) is 50.4 Å². The van der Waals surface area contributed by atoms with Crippen molar-refractivity contribution in [2.24, 2.45) is 5.73 Å². The molecular formula is C18H22F2N4O3. The van der Waals surface area contributed by atoms with Crippen molar-refractivity contribution < 1.29 is 23.2 Å². The van der Waals surface area contributed by atoms with Gasteiger partial charge in [-0.3, -0.25) is 14.4 Å². The molecule has 9 heteroatoms. The average molecular weight is 380 g/mol. The Morgan fingerprint density at radius 3 is 2.81 bits per heavy atom. The highest BCUT2D eigenvalue weighted by Crippen LogP contribution is 2.24. The molecule has 2 aliphatic rings. The Hall–Kier alpha value is -2.55. The van der Waals surface area contributed by atoms with Crippen LogP contribution < -0.4 is 16.4 Å². The Labute approximate surface area is 155 Å². The smallest absolute Gasteiger partial charge is 0.254 e. The number of rotatable bonds is 6. The molecule has 0 bridgehead atoms. The van der Waals surface area contributed by atoms with Crippen molar-refractivity contribution in [1.29, 1.82) is 0 Å². The number of carbonyl (C=O) groups excluding carboxylic acids is 3. The Morgan fingerprint density at radius 1 is 1.30 bits per heavy atom. The highest BCUT2D eigenvalue weighted by molar-refractivity contribution is 5.98. The number of amides is 3. The quantitative estimate of drug-likeness (QED) is 0.617. The topological polar surface area (TPSA) is 105 Å². The van der Waals surface area contributed by atoms with Crippen molar-refractivity contribution in [2.75, 3.05) is 13.1 Å². The van der Waals surface area contributed by atoms with E-state index in [4.69, 9.17) is 5.73 Å². The number of carbonyl (C=O) groups is 3. The van der Waals surface area contributed by atoms with E-state index in [0.29, 0.717) is 13.0 Å². The minimum Gasteiger partial charge on any atom is -0.347 e. The largest absolute Gasteiger partial charge is 0.347 e. The maximum atomic E-state index is 13.7. The van der Waals surface area contributed by atoms with Crippen molar-refractivity contribution in [3.63, 3.8) is 0 Å². The molecular weight excluding hydrogens is 358 g/mol. The SMILES string of the molecule is NCCCC[C@@H]1NC(=O)[C@@H]2C[C@H](NC(=O)c3cc(F)ccc3F)CN2C1=O. The fraction of sp³-hybridized carbons (Fsp3) is 0.500. The van der Waals surface area contributed by atoms with Crippen LogP contribution in [-0.4, -0.2) is 53.8 Å². The van der Waals surface area contributed by atoms with Crippen molar-refractivity contribution in [3.8, 4) is 0 Å². The molecule has 3 rings (SSSR count). The number of unbranched alkanes of at least 4 members (excludes halogenated alkanes) is 1. The lowest BCUT2D eigenvalue weighted by atomic mass is 10.0. The van der Waals surface area contributed by atoms with Crippen molar-refractivity contribution >= 4 is 17.7 Å². The van der Waals surface area contributed by atoms with E-state index in [9.17, 15) is 23.2 Å². The van der Waals surface area contributed by atoms with Gasteiger partial charge in [0.15, 0.2) is 0 Å². The molecule has 0 radical (unpaired) electrons. The predicted molar refractivity (Wildman–Crippen MR) is 92.6 cm³/mol. The van der Waals surface area contributed by atoms with Crippen LogP contribution in [0.15, 0.2) is 18.2 Å². The van der Waals surface area contributed by atoms with Crippen LogP contribution in [0, 0.1) is 11.6 Å². The van der Waals surface area contributed by atoms with Gasteiger partial charge in [-0.1, -0.05) is 0 Å². The molecule has 2 heterocycles. The number of nitrogens with two attached hydrogens (primary N) is 1. The molecule has 2 aliphatic heterocycles.